The van der Waals surface area contributed by atoms with Crippen LogP contribution in [-0.4, -0.2) is 16.1 Å². The third kappa shape index (κ3) is 2.36. The second-order valence-corrected chi connectivity index (χ2v) is 4.48. The average molecular weight is 267 g/mol. The summed E-state index contributed by atoms with van der Waals surface area (Å²) >= 11 is 0. The molecular formula is C16H13NO3. The van der Waals surface area contributed by atoms with Crippen LogP contribution in [0.15, 0.2) is 54.7 Å². The summed E-state index contributed by atoms with van der Waals surface area (Å²) in [6.07, 6.45) is 1.85. The zero-order valence-corrected chi connectivity index (χ0v) is 10.7. The van der Waals surface area contributed by atoms with Crippen LogP contribution in [0.4, 0.5) is 0 Å². The predicted molar refractivity (Wildman–Crippen MR) is 76.0 cm³/mol. The molecule has 100 valence electrons. The summed E-state index contributed by atoms with van der Waals surface area (Å²) in [5, 5.41) is 9.91. The van der Waals surface area contributed by atoms with Crippen LogP contribution in [0.2, 0.25) is 0 Å². The molecule has 1 aromatic heterocycles. The molecule has 2 N–H and O–H groups in total. The van der Waals surface area contributed by atoms with E-state index in [0.717, 1.165) is 22.2 Å². The standard InChI is InChI=1S/C16H13NO3/c18-16(19)11-6-7-15-14(8-11)12(9-17-15)10-20-13-4-2-1-3-5-13/h1-9,17H,10H2,(H,18,19). The molecule has 0 atom stereocenters. The Hall–Kier alpha value is -2.75. The number of aromatic nitrogens is 1. The molecule has 0 aliphatic heterocycles. The number of aromatic carboxylic acids is 1. The van der Waals surface area contributed by atoms with E-state index in [2.05, 4.69) is 4.98 Å². The molecule has 0 saturated carbocycles. The minimum Gasteiger partial charge on any atom is -0.489 e. The van der Waals surface area contributed by atoms with Crippen molar-refractivity contribution < 1.29 is 14.6 Å². The van der Waals surface area contributed by atoms with Gasteiger partial charge in [-0.3, -0.25) is 0 Å². The topological polar surface area (TPSA) is 62.3 Å². The quantitative estimate of drug-likeness (QED) is 0.761. The summed E-state index contributed by atoms with van der Waals surface area (Å²) in [5.74, 6) is -0.140. The van der Waals surface area contributed by atoms with E-state index in [9.17, 15) is 4.79 Å². The Morgan fingerprint density at radius 1 is 1.15 bits per heavy atom. The number of benzene rings is 2. The van der Waals surface area contributed by atoms with Gasteiger partial charge in [0.15, 0.2) is 0 Å². The van der Waals surface area contributed by atoms with E-state index in [-0.39, 0.29) is 5.56 Å². The van der Waals surface area contributed by atoms with Crippen LogP contribution in [0.1, 0.15) is 15.9 Å². The van der Waals surface area contributed by atoms with Crippen molar-refractivity contribution in [3.63, 3.8) is 0 Å². The Morgan fingerprint density at radius 2 is 1.95 bits per heavy atom. The van der Waals surface area contributed by atoms with E-state index in [1.807, 2.05) is 36.5 Å². The molecule has 0 fully saturated rings. The average Bonchev–Trinajstić information content (AvgIpc) is 2.88. The van der Waals surface area contributed by atoms with Crippen molar-refractivity contribution in [2.75, 3.05) is 0 Å². The number of ether oxygens (including phenoxy) is 1. The molecule has 1 heterocycles. The molecule has 2 aromatic carbocycles. The number of rotatable bonds is 4. The number of H-pyrrole nitrogens is 1. The fourth-order valence-corrected chi connectivity index (χ4v) is 2.11. The summed E-state index contributed by atoms with van der Waals surface area (Å²) in [7, 11) is 0. The molecule has 3 rings (SSSR count). The van der Waals surface area contributed by atoms with Crippen LogP contribution < -0.4 is 4.74 Å². The summed E-state index contributed by atoms with van der Waals surface area (Å²) in [5.41, 5.74) is 2.12. The van der Waals surface area contributed by atoms with Crippen molar-refractivity contribution in [3.05, 3.63) is 65.9 Å². The highest BCUT2D eigenvalue weighted by Gasteiger charge is 2.08. The van der Waals surface area contributed by atoms with Gasteiger partial charge in [0.2, 0.25) is 0 Å². The first-order valence-corrected chi connectivity index (χ1v) is 6.25. The fourth-order valence-electron chi connectivity index (χ4n) is 2.11. The zero-order chi connectivity index (χ0) is 13.9. The van der Waals surface area contributed by atoms with E-state index in [1.165, 1.54) is 0 Å². The molecule has 0 bridgehead atoms. The van der Waals surface area contributed by atoms with Gasteiger partial charge in [-0.1, -0.05) is 18.2 Å². The second kappa shape index (κ2) is 5.09. The number of hydrogen-bond acceptors (Lipinski definition) is 2. The molecule has 0 saturated heterocycles. The second-order valence-electron chi connectivity index (χ2n) is 4.48. The highest BCUT2D eigenvalue weighted by Crippen LogP contribution is 2.21. The summed E-state index contributed by atoms with van der Waals surface area (Å²) in [6, 6.07) is 14.5. The number of carbonyl (C=O) groups is 1. The van der Waals surface area contributed by atoms with Gasteiger partial charge in [0.1, 0.15) is 12.4 Å². The summed E-state index contributed by atoms with van der Waals surface area (Å²) < 4.78 is 5.69. The van der Waals surface area contributed by atoms with Crippen molar-refractivity contribution in [1.82, 2.24) is 4.98 Å². The Morgan fingerprint density at radius 3 is 2.70 bits per heavy atom. The molecule has 0 radical (unpaired) electrons. The van der Waals surface area contributed by atoms with Crippen molar-refractivity contribution in [2.24, 2.45) is 0 Å². The smallest absolute Gasteiger partial charge is 0.335 e. The Kier molecular flexibility index (Phi) is 3.13. The number of para-hydroxylation sites is 1. The third-order valence-corrected chi connectivity index (χ3v) is 3.15. The van der Waals surface area contributed by atoms with Crippen LogP contribution in [-0.2, 0) is 6.61 Å². The monoisotopic (exact) mass is 267 g/mol. The van der Waals surface area contributed by atoms with Crippen LogP contribution in [0.3, 0.4) is 0 Å². The van der Waals surface area contributed by atoms with Crippen LogP contribution in [0, 0.1) is 0 Å². The molecule has 0 spiro atoms. The summed E-state index contributed by atoms with van der Waals surface area (Å²) in [4.78, 5) is 14.1. The van der Waals surface area contributed by atoms with E-state index >= 15 is 0 Å². The maximum absolute atomic E-state index is 11.0. The first-order valence-electron chi connectivity index (χ1n) is 6.25. The fraction of sp³-hybridized carbons (Fsp3) is 0.0625. The lowest BCUT2D eigenvalue weighted by Crippen LogP contribution is -1.97. The van der Waals surface area contributed by atoms with E-state index in [1.54, 1.807) is 18.2 Å². The number of aromatic amines is 1. The SMILES string of the molecule is O=C(O)c1ccc2[nH]cc(COc3ccccc3)c2c1. The normalized spacial score (nSPS) is 10.6. The van der Waals surface area contributed by atoms with Gasteiger partial charge < -0.3 is 14.8 Å². The van der Waals surface area contributed by atoms with Crippen molar-refractivity contribution >= 4 is 16.9 Å². The lowest BCUT2D eigenvalue weighted by molar-refractivity contribution is 0.0697. The maximum atomic E-state index is 11.0. The molecule has 0 amide bonds. The van der Waals surface area contributed by atoms with Crippen molar-refractivity contribution in [3.8, 4) is 5.75 Å². The minimum atomic E-state index is -0.928. The van der Waals surface area contributed by atoms with E-state index in [0.29, 0.717) is 6.61 Å². The van der Waals surface area contributed by atoms with E-state index < -0.39 is 5.97 Å². The Labute approximate surface area is 115 Å². The maximum Gasteiger partial charge on any atom is 0.335 e. The number of nitrogens with one attached hydrogen (secondary N) is 1. The largest absolute Gasteiger partial charge is 0.489 e. The van der Waals surface area contributed by atoms with Gasteiger partial charge in [-0.2, -0.15) is 0 Å². The molecule has 4 nitrogen and oxygen atoms in total. The van der Waals surface area contributed by atoms with Gasteiger partial charge in [0.25, 0.3) is 0 Å². The molecule has 20 heavy (non-hydrogen) atoms. The highest BCUT2D eigenvalue weighted by molar-refractivity contribution is 5.94. The first kappa shape index (κ1) is 12.3. The highest BCUT2D eigenvalue weighted by atomic mass is 16.5. The predicted octanol–water partition coefficient (Wildman–Crippen LogP) is 3.45. The summed E-state index contributed by atoms with van der Waals surface area (Å²) in [6.45, 7) is 0.396. The number of carboxylic acids is 1. The van der Waals surface area contributed by atoms with Crippen LogP contribution in [0.25, 0.3) is 10.9 Å². The molecule has 3 aromatic rings. The van der Waals surface area contributed by atoms with Gasteiger partial charge in [0.05, 0.1) is 5.56 Å². The van der Waals surface area contributed by atoms with Gasteiger partial charge in [-0.05, 0) is 30.3 Å². The molecule has 4 heteroatoms. The van der Waals surface area contributed by atoms with Crippen LogP contribution >= 0.6 is 0 Å². The zero-order valence-electron chi connectivity index (χ0n) is 10.7. The number of hydrogen-bond donors (Lipinski definition) is 2. The van der Waals surface area contributed by atoms with E-state index in [4.69, 9.17) is 9.84 Å². The molecule has 0 aliphatic carbocycles. The molecular weight excluding hydrogens is 254 g/mol. The van der Waals surface area contributed by atoms with Crippen molar-refractivity contribution in [2.45, 2.75) is 6.61 Å². The third-order valence-electron chi connectivity index (χ3n) is 3.15. The van der Waals surface area contributed by atoms with Gasteiger partial charge in [-0.25, -0.2) is 4.79 Å². The molecule has 0 unspecified atom stereocenters. The lowest BCUT2D eigenvalue weighted by Gasteiger charge is -2.05. The number of carboxylic acid groups (broad SMARTS) is 1. The van der Waals surface area contributed by atoms with Crippen LogP contribution in [0.5, 0.6) is 5.75 Å². The van der Waals surface area contributed by atoms with Crippen molar-refractivity contribution in [1.29, 1.82) is 0 Å². The van der Waals surface area contributed by atoms with Gasteiger partial charge >= 0.3 is 5.97 Å². The van der Waals surface area contributed by atoms with Gasteiger partial charge in [-0.15, -0.1) is 0 Å². The Bertz CT molecular complexity index is 747. The minimum absolute atomic E-state index is 0.276. The van der Waals surface area contributed by atoms with Gasteiger partial charge in [0, 0.05) is 22.7 Å². The lowest BCUT2D eigenvalue weighted by atomic mass is 10.1. The number of fused-ring (bicyclic) bond motifs is 1. The first-order chi connectivity index (χ1) is 9.74. The molecule has 0 aliphatic rings. The Balaban J connectivity index is 1.88.